The third-order valence-electron chi connectivity index (χ3n) is 5.50. The fourth-order valence-electron chi connectivity index (χ4n) is 3.51. The average molecular weight is 595 g/mol. The Hall–Kier alpha value is -2.94. The van der Waals surface area contributed by atoms with E-state index in [2.05, 4.69) is 36.1 Å². The van der Waals surface area contributed by atoms with Gasteiger partial charge in [0.15, 0.2) is 18.1 Å². The summed E-state index contributed by atoms with van der Waals surface area (Å²) in [5.41, 5.74) is -0.294. The van der Waals surface area contributed by atoms with E-state index in [1.165, 1.54) is 22.8 Å². The fraction of sp³-hybridized carbons (Fsp3) is 0.381. The molecule has 0 saturated carbocycles. The Bertz CT molecular complexity index is 1410. The van der Waals surface area contributed by atoms with Gasteiger partial charge in [0.05, 0.1) is 27.7 Å². The monoisotopic (exact) mass is 594 g/mol. The van der Waals surface area contributed by atoms with Crippen LogP contribution >= 0.6 is 15.9 Å². The summed E-state index contributed by atoms with van der Waals surface area (Å²) in [5, 5.41) is 7.09. The fourth-order valence-corrected chi connectivity index (χ4v) is 5.79. The molecule has 1 aliphatic rings. The molecule has 1 saturated heterocycles. The van der Waals surface area contributed by atoms with Crippen LogP contribution in [0.1, 0.15) is 30.3 Å². The molecule has 194 valence electrons. The van der Waals surface area contributed by atoms with E-state index >= 15 is 0 Å². The Morgan fingerprint density at radius 1 is 1.28 bits per heavy atom. The highest BCUT2D eigenvalue weighted by Crippen LogP contribution is 2.33. The van der Waals surface area contributed by atoms with Crippen molar-refractivity contribution in [3.05, 3.63) is 46.6 Å². The molecule has 1 fully saturated rings. The molecule has 4 heterocycles. The normalized spacial score (nSPS) is 17.1. The molecule has 1 N–H and O–H groups in total. The number of hydrogen-bond donors (Lipinski definition) is 1. The van der Waals surface area contributed by atoms with Crippen molar-refractivity contribution >= 4 is 37.2 Å². The van der Waals surface area contributed by atoms with Crippen molar-refractivity contribution in [3.8, 4) is 17.4 Å². The molecule has 0 radical (unpaired) electrons. The molecule has 9 nitrogen and oxygen atoms in total. The maximum Gasteiger partial charge on any atom is 0.422 e. The molecule has 0 bridgehead atoms. The lowest BCUT2D eigenvalue weighted by Gasteiger charge is -2.34. The standard InChI is InChI=1S/C21H19BrF4N4O5S/c1-20(3-6-36(32,33)7-4-20)28-18(31)17-16(22)14-9-13(2-5-30(14)29-17)35-19-15(8-12(23)10-27-19)34-11-21(24,25)26/h2,5,8-10H,3-4,6-7,11H2,1H3,(H,28,31). The number of carbonyl (C=O) groups excluding carboxylic acids is 1. The first-order valence-corrected chi connectivity index (χ1v) is 13.1. The van der Waals surface area contributed by atoms with Crippen molar-refractivity contribution in [2.45, 2.75) is 31.5 Å². The molecule has 0 spiro atoms. The lowest BCUT2D eigenvalue weighted by Crippen LogP contribution is -2.51. The predicted molar refractivity (Wildman–Crippen MR) is 122 cm³/mol. The minimum atomic E-state index is -4.65. The van der Waals surface area contributed by atoms with Gasteiger partial charge >= 0.3 is 6.18 Å². The zero-order chi connectivity index (χ0) is 26.3. The van der Waals surface area contributed by atoms with E-state index in [0.717, 1.165) is 12.3 Å². The topological polar surface area (TPSA) is 112 Å². The van der Waals surface area contributed by atoms with Crippen LogP contribution in [0, 0.1) is 5.82 Å². The quantitative estimate of drug-likeness (QED) is 0.428. The number of pyridine rings is 2. The highest BCUT2D eigenvalue weighted by atomic mass is 79.9. The average Bonchev–Trinajstić information content (AvgIpc) is 3.12. The van der Waals surface area contributed by atoms with Crippen LogP contribution in [0.2, 0.25) is 0 Å². The SMILES string of the molecule is CC1(NC(=O)c2nn3ccc(Oc4ncc(F)cc4OCC(F)(F)F)cc3c2Br)CCS(=O)(=O)CC1. The molecule has 3 aromatic heterocycles. The number of fused-ring (bicyclic) bond motifs is 1. The number of ether oxygens (including phenoxy) is 2. The van der Waals surface area contributed by atoms with Crippen LogP contribution in [0.3, 0.4) is 0 Å². The van der Waals surface area contributed by atoms with Crippen LogP contribution in [0.15, 0.2) is 35.1 Å². The van der Waals surface area contributed by atoms with E-state index in [0.29, 0.717) is 9.99 Å². The van der Waals surface area contributed by atoms with Gasteiger partial charge < -0.3 is 14.8 Å². The third-order valence-corrected chi connectivity index (χ3v) is 7.93. The highest BCUT2D eigenvalue weighted by Gasteiger charge is 2.35. The van der Waals surface area contributed by atoms with Gasteiger partial charge in [-0.2, -0.15) is 18.3 Å². The Balaban J connectivity index is 1.55. The van der Waals surface area contributed by atoms with E-state index in [4.69, 9.17) is 4.74 Å². The first-order valence-electron chi connectivity index (χ1n) is 10.5. The molecule has 0 unspecified atom stereocenters. The molecular weight excluding hydrogens is 576 g/mol. The molecule has 15 heteroatoms. The van der Waals surface area contributed by atoms with Crippen LogP contribution < -0.4 is 14.8 Å². The van der Waals surface area contributed by atoms with E-state index in [1.54, 1.807) is 6.92 Å². The van der Waals surface area contributed by atoms with Crippen LogP contribution in [-0.2, 0) is 9.84 Å². The number of rotatable bonds is 6. The summed E-state index contributed by atoms with van der Waals surface area (Å²) in [6, 6.07) is 3.59. The maximum atomic E-state index is 13.5. The first kappa shape index (κ1) is 26.1. The van der Waals surface area contributed by atoms with E-state index < -0.39 is 51.5 Å². The molecule has 1 amide bonds. The Kier molecular flexibility index (Phi) is 6.90. The number of aromatic nitrogens is 3. The van der Waals surface area contributed by atoms with Crippen LogP contribution in [0.5, 0.6) is 17.4 Å². The summed E-state index contributed by atoms with van der Waals surface area (Å²) in [7, 11) is -3.11. The number of alkyl halides is 3. The molecule has 0 aliphatic carbocycles. The first-order chi connectivity index (χ1) is 16.7. The number of nitrogens with one attached hydrogen (secondary N) is 1. The number of sulfone groups is 1. The van der Waals surface area contributed by atoms with Crippen LogP contribution in [0.4, 0.5) is 17.6 Å². The molecule has 0 atom stereocenters. The smallest absolute Gasteiger partial charge is 0.422 e. The predicted octanol–water partition coefficient (Wildman–Crippen LogP) is 4.06. The van der Waals surface area contributed by atoms with Gasteiger partial charge in [0.25, 0.3) is 11.8 Å². The largest absolute Gasteiger partial charge is 0.478 e. The molecule has 36 heavy (non-hydrogen) atoms. The molecule has 4 rings (SSSR count). The van der Waals surface area contributed by atoms with Crippen molar-refractivity contribution in [2.24, 2.45) is 0 Å². The summed E-state index contributed by atoms with van der Waals surface area (Å²) in [5.74, 6) is -2.30. The second-order valence-electron chi connectivity index (χ2n) is 8.48. The van der Waals surface area contributed by atoms with Crippen LogP contribution in [-0.4, -0.2) is 58.8 Å². The van der Waals surface area contributed by atoms with E-state index in [1.807, 2.05) is 0 Å². The van der Waals surface area contributed by atoms with Gasteiger partial charge in [-0.1, -0.05) is 0 Å². The summed E-state index contributed by atoms with van der Waals surface area (Å²) in [4.78, 5) is 16.6. The van der Waals surface area contributed by atoms with Crippen molar-refractivity contribution in [1.82, 2.24) is 19.9 Å². The number of carbonyl (C=O) groups is 1. The minimum Gasteiger partial charge on any atom is -0.478 e. The number of hydrogen-bond acceptors (Lipinski definition) is 7. The minimum absolute atomic E-state index is 0.0249. The van der Waals surface area contributed by atoms with E-state index in [-0.39, 0.29) is 35.8 Å². The van der Waals surface area contributed by atoms with Gasteiger partial charge in [-0.05, 0) is 41.8 Å². The lowest BCUT2D eigenvalue weighted by atomic mass is 9.94. The zero-order valence-corrected chi connectivity index (χ0v) is 21.0. The van der Waals surface area contributed by atoms with Gasteiger partial charge in [0.1, 0.15) is 21.4 Å². The van der Waals surface area contributed by atoms with Gasteiger partial charge in [0.2, 0.25) is 0 Å². The van der Waals surface area contributed by atoms with Crippen molar-refractivity contribution in [2.75, 3.05) is 18.1 Å². The summed E-state index contributed by atoms with van der Waals surface area (Å²) >= 11 is 3.33. The second-order valence-corrected chi connectivity index (χ2v) is 11.6. The Labute approximate surface area is 210 Å². The second kappa shape index (κ2) is 9.50. The number of halogens is 5. The molecule has 3 aromatic rings. The third kappa shape index (κ3) is 6.06. The number of amides is 1. The van der Waals surface area contributed by atoms with Crippen molar-refractivity contribution < 1.29 is 40.2 Å². The van der Waals surface area contributed by atoms with Crippen molar-refractivity contribution in [1.29, 1.82) is 0 Å². The molecule has 0 aromatic carbocycles. The summed E-state index contributed by atoms with van der Waals surface area (Å²) in [6.45, 7) is 0.106. The van der Waals surface area contributed by atoms with Gasteiger partial charge in [-0.3, -0.25) is 4.79 Å². The van der Waals surface area contributed by atoms with Crippen molar-refractivity contribution in [3.63, 3.8) is 0 Å². The molecule has 1 aliphatic heterocycles. The van der Waals surface area contributed by atoms with Gasteiger partial charge in [-0.25, -0.2) is 22.3 Å². The Morgan fingerprint density at radius 2 is 1.97 bits per heavy atom. The summed E-state index contributed by atoms with van der Waals surface area (Å²) < 4.78 is 86.4. The summed E-state index contributed by atoms with van der Waals surface area (Å²) in [6.07, 6.45) is -1.89. The van der Waals surface area contributed by atoms with Gasteiger partial charge in [0, 0.05) is 23.9 Å². The van der Waals surface area contributed by atoms with Crippen LogP contribution in [0.25, 0.3) is 5.52 Å². The lowest BCUT2D eigenvalue weighted by molar-refractivity contribution is -0.153. The highest BCUT2D eigenvalue weighted by molar-refractivity contribution is 9.10. The molecular formula is C21H19BrF4N4O5S. The maximum absolute atomic E-state index is 13.5. The Morgan fingerprint density at radius 3 is 2.64 bits per heavy atom. The number of nitrogens with zero attached hydrogens (tertiary/aromatic N) is 3. The van der Waals surface area contributed by atoms with Gasteiger partial charge in [-0.15, -0.1) is 0 Å². The zero-order valence-electron chi connectivity index (χ0n) is 18.6. The van der Waals surface area contributed by atoms with E-state index in [9.17, 15) is 30.8 Å².